The highest BCUT2D eigenvalue weighted by Gasteiger charge is 2.20. The van der Waals surface area contributed by atoms with Gasteiger partial charge < -0.3 is 16.0 Å². The molecule has 0 unspecified atom stereocenters. The Morgan fingerprint density at radius 3 is 2.44 bits per heavy atom. The fourth-order valence-electron chi connectivity index (χ4n) is 2.88. The summed E-state index contributed by atoms with van der Waals surface area (Å²) in [6.45, 7) is 1.81. The minimum Gasteiger partial charge on any atom is -0.370 e. The Morgan fingerprint density at radius 1 is 1.12 bits per heavy atom. The van der Waals surface area contributed by atoms with Crippen LogP contribution in [-0.2, 0) is 0 Å². The van der Waals surface area contributed by atoms with Crippen molar-refractivity contribution in [2.24, 2.45) is 5.73 Å². The zero-order chi connectivity index (χ0) is 18.0. The van der Waals surface area contributed by atoms with Gasteiger partial charge in [-0.1, -0.05) is 23.2 Å². The Bertz CT molecular complexity index is 816. The Labute approximate surface area is 159 Å². The maximum atomic E-state index is 12.6. The van der Waals surface area contributed by atoms with Gasteiger partial charge in [0, 0.05) is 18.7 Å². The molecule has 2 amide bonds. The minimum atomic E-state index is -0.544. The molecule has 2 aromatic rings. The van der Waals surface area contributed by atoms with Crippen LogP contribution in [0, 0.1) is 0 Å². The summed E-state index contributed by atoms with van der Waals surface area (Å²) in [5.41, 5.74) is 7.44. The number of nitrogens with two attached hydrogens (primary N) is 1. The first-order chi connectivity index (χ1) is 12.0. The van der Waals surface area contributed by atoms with E-state index in [4.69, 9.17) is 28.9 Å². The molecule has 1 fully saturated rings. The van der Waals surface area contributed by atoms with Crippen molar-refractivity contribution >= 4 is 57.7 Å². The molecule has 132 valence electrons. The number of nitrogens with zero attached hydrogens (tertiary/aromatic N) is 1. The third kappa shape index (κ3) is 4.08. The van der Waals surface area contributed by atoms with E-state index in [1.807, 2.05) is 6.07 Å². The highest BCUT2D eigenvalue weighted by atomic mass is 35.5. The van der Waals surface area contributed by atoms with Crippen LogP contribution in [0.2, 0.25) is 8.67 Å². The molecular formula is C17H17Cl2N3O2S. The van der Waals surface area contributed by atoms with Gasteiger partial charge in [-0.2, -0.15) is 0 Å². The van der Waals surface area contributed by atoms with Crippen molar-refractivity contribution in [3.05, 3.63) is 44.1 Å². The molecule has 0 radical (unpaired) electrons. The number of amides is 2. The van der Waals surface area contributed by atoms with Gasteiger partial charge in [-0.15, -0.1) is 11.3 Å². The number of carbonyl (C=O) groups is 2. The molecule has 5 nitrogen and oxygen atoms in total. The standard InChI is InChI=1S/C17H17Cl2N3O2S/c18-14-9-11(15(19)25-14)17(24)21-12-8-10(16(20)23)4-5-13(12)22-6-2-1-3-7-22/h4-5,8-9H,1-3,6-7H2,(H2,20,23)(H,21,24). The van der Waals surface area contributed by atoms with Crippen molar-refractivity contribution in [1.29, 1.82) is 0 Å². The SMILES string of the molecule is NC(=O)c1ccc(N2CCCCC2)c(NC(=O)c2cc(Cl)sc2Cl)c1. The van der Waals surface area contributed by atoms with Crippen LogP contribution < -0.4 is 16.0 Å². The number of nitrogens with one attached hydrogen (secondary N) is 1. The smallest absolute Gasteiger partial charge is 0.258 e. The average Bonchev–Trinajstić information content (AvgIpc) is 2.94. The van der Waals surface area contributed by atoms with Crippen LogP contribution >= 0.6 is 34.5 Å². The van der Waals surface area contributed by atoms with Crippen LogP contribution in [0.15, 0.2) is 24.3 Å². The number of anilines is 2. The second-order valence-electron chi connectivity index (χ2n) is 5.84. The van der Waals surface area contributed by atoms with Crippen LogP contribution in [0.25, 0.3) is 0 Å². The molecule has 3 rings (SSSR count). The van der Waals surface area contributed by atoms with E-state index in [2.05, 4.69) is 10.2 Å². The number of rotatable bonds is 4. The first-order valence-electron chi connectivity index (χ1n) is 7.90. The maximum Gasteiger partial charge on any atom is 0.258 e. The van der Waals surface area contributed by atoms with Gasteiger partial charge in [0.25, 0.3) is 5.91 Å². The van der Waals surface area contributed by atoms with Crippen LogP contribution in [0.4, 0.5) is 11.4 Å². The van der Waals surface area contributed by atoms with Crippen LogP contribution in [-0.4, -0.2) is 24.9 Å². The van der Waals surface area contributed by atoms with Gasteiger partial charge in [0.2, 0.25) is 5.91 Å². The fraction of sp³-hybridized carbons (Fsp3) is 0.294. The normalized spacial score (nSPS) is 14.4. The van der Waals surface area contributed by atoms with Gasteiger partial charge in [0.1, 0.15) is 4.34 Å². The van der Waals surface area contributed by atoms with Gasteiger partial charge in [-0.25, -0.2) is 0 Å². The molecule has 0 bridgehead atoms. The molecule has 25 heavy (non-hydrogen) atoms. The Kier molecular flexibility index (Phi) is 5.51. The Morgan fingerprint density at radius 2 is 1.84 bits per heavy atom. The van der Waals surface area contributed by atoms with Crippen molar-refractivity contribution in [3.63, 3.8) is 0 Å². The summed E-state index contributed by atoms with van der Waals surface area (Å²) in [5, 5.41) is 2.85. The predicted octanol–water partition coefficient (Wildman–Crippen LogP) is 4.40. The lowest BCUT2D eigenvalue weighted by molar-refractivity contribution is 0.0996. The van der Waals surface area contributed by atoms with E-state index < -0.39 is 5.91 Å². The van der Waals surface area contributed by atoms with E-state index in [1.54, 1.807) is 12.1 Å². The third-order valence-electron chi connectivity index (χ3n) is 4.13. The summed E-state index contributed by atoms with van der Waals surface area (Å²) in [6.07, 6.45) is 3.38. The van der Waals surface area contributed by atoms with Crippen molar-refractivity contribution in [2.45, 2.75) is 19.3 Å². The molecule has 3 N–H and O–H groups in total. The largest absolute Gasteiger partial charge is 0.370 e. The lowest BCUT2D eigenvalue weighted by Crippen LogP contribution is -2.30. The molecule has 1 aromatic carbocycles. The third-order valence-corrected chi connectivity index (χ3v) is 5.61. The summed E-state index contributed by atoms with van der Waals surface area (Å²) in [7, 11) is 0. The lowest BCUT2D eigenvalue weighted by atomic mass is 10.1. The number of halogens is 2. The van der Waals surface area contributed by atoms with Crippen molar-refractivity contribution in [1.82, 2.24) is 0 Å². The number of benzene rings is 1. The van der Waals surface area contributed by atoms with E-state index in [0.29, 0.717) is 25.5 Å². The molecule has 1 aliphatic heterocycles. The van der Waals surface area contributed by atoms with Crippen molar-refractivity contribution in [2.75, 3.05) is 23.3 Å². The maximum absolute atomic E-state index is 12.6. The molecular weight excluding hydrogens is 381 g/mol. The summed E-state index contributed by atoms with van der Waals surface area (Å²) < 4.78 is 0.769. The van der Waals surface area contributed by atoms with Gasteiger partial charge in [0.05, 0.1) is 21.3 Å². The van der Waals surface area contributed by atoms with Crippen molar-refractivity contribution < 1.29 is 9.59 Å². The van der Waals surface area contributed by atoms with Crippen molar-refractivity contribution in [3.8, 4) is 0 Å². The number of hydrogen-bond donors (Lipinski definition) is 2. The first-order valence-corrected chi connectivity index (χ1v) is 9.48. The quantitative estimate of drug-likeness (QED) is 0.802. The molecule has 2 heterocycles. The molecule has 1 aliphatic rings. The molecule has 0 aliphatic carbocycles. The zero-order valence-corrected chi connectivity index (χ0v) is 15.7. The number of hydrogen-bond acceptors (Lipinski definition) is 4. The van der Waals surface area contributed by atoms with E-state index in [0.717, 1.165) is 43.0 Å². The average molecular weight is 398 g/mol. The van der Waals surface area contributed by atoms with Crippen LogP contribution in [0.1, 0.15) is 40.0 Å². The summed E-state index contributed by atoms with van der Waals surface area (Å²) in [4.78, 5) is 26.3. The van der Waals surface area contributed by atoms with E-state index in [1.165, 1.54) is 12.5 Å². The molecule has 0 spiro atoms. The summed E-state index contributed by atoms with van der Waals surface area (Å²) >= 11 is 13.1. The number of thiophene rings is 1. The second kappa shape index (κ2) is 7.64. The first kappa shape index (κ1) is 18.0. The molecule has 1 saturated heterocycles. The second-order valence-corrected chi connectivity index (χ2v) is 8.12. The zero-order valence-electron chi connectivity index (χ0n) is 13.4. The van der Waals surface area contributed by atoms with Crippen LogP contribution in [0.3, 0.4) is 0 Å². The topological polar surface area (TPSA) is 75.4 Å². The van der Waals surface area contributed by atoms with Crippen LogP contribution in [0.5, 0.6) is 0 Å². The highest BCUT2D eigenvalue weighted by Crippen LogP contribution is 2.34. The number of piperidine rings is 1. The number of carbonyl (C=O) groups excluding carboxylic acids is 2. The van der Waals surface area contributed by atoms with E-state index in [9.17, 15) is 9.59 Å². The monoisotopic (exact) mass is 397 g/mol. The molecule has 1 aromatic heterocycles. The fourth-order valence-corrected chi connectivity index (χ4v) is 4.34. The summed E-state index contributed by atoms with van der Waals surface area (Å²) in [5.74, 6) is -0.912. The van der Waals surface area contributed by atoms with Gasteiger partial charge in [-0.05, 0) is 43.5 Å². The molecule has 0 saturated carbocycles. The number of primary amides is 1. The minimum absolute atomic E-state index is 0.311. The van der Waals surface area contributed by atoms with Gasteiger partial charge in [0.15, 0.2) is 0 Å². The Balaban J connectivity index is 1.94. The van der Waals surface area contributed by atoms with E-state index in [-0.39, 0.29) is 5.91 Å². The molecule has 0 atom stereocenters. The van der Waals surface area contributed by atoms with E-state index >= 15 is 0 Å². The van der Waals surface area contributed by atoms with Gasteiger partial charge in [-0.3, -0.25) is 9.59 Å². The highest BCUT2D eigenvalue weighted by molar-refractivity contribution is 7.20. The lowest BCUT2D eigenvalue weighted by Gasteiger charge is -2.30. The Hall–Kier alpha value is -1.76. The predicted molar refractivity (Wildman–Crippen MR) is 103 cm³/mol. The molecule has 8 heteroatoms. The summed E-state index contributed by atoms with van der Waals surface area (Å²) in [6, 6.07) is 6.63. The van der Waals surface area contributed by atoms with Gasteiger partial charge >= 0.3 is 0 Å².